The van der Waals surface area contributed by atoms with Crippen molar-refractivity contribution in [3.8, 4) is 11.5 Å². The van der Waals surface area contributed by atoms with E-state index in [4.69, 9.17) is 9.47 Å². The normalized spacial score (nSPS) is 10.8. The molecule has 0 aliphatic heterocycles. The lowest BCUT2D eigenvalue weighted by atomic mass is 10.1. The summed E-state index contributed by atoms with van der Waals surface area (Å²) in [6.45, 7) is 2.23. The first-order valence-corrected chi connectivity index (χ1v) is 6.67. The summed E-state index contributed by atoms with van der Waals surface area (Å²) in [7, 11) is 3.37. The molecule has 0 aromatic heterocycles. The molecule has 0 atom stereocenters. The Bertz CT molecular complexity index is 369. The minimum Gasteiger partial charge on any atom is -0.497 e. The van der Waals surface area contributed by atoms with Gasteiger partial charge in [-0.15, -0.1) is 0 Å². The SMILES string of the molecule is CCCCC/C=C/Cc1ccc(OC)cc1OC. The summed E-state index contributed by atoms with van der Waals surface area (Å²) in [4.78, 5) is 0. The van der Waals surface area contributed by atoms with Gasteiger partial charge in [0.25, 0.3) is 0 Å². The van der Waals surface area contributed by atoms with Crippen molar-refractivity contribution in [3.63, 3.8) is 0 Å². The third-order valence-corrected chi connectivity index (χ3v) is 2.97. The van der Waals surface area contributed by atoms with Crippen LogP contribution in [0.2, 0.25) is 0 Å². The molecule has 0 unspecified atom stereocenters. The molecule has 18 heavy (non-hydrogen) atoms. The summed E-state index contributed by atoms with van der Waals surface area (Å²) in [5.41, 5.74) is 1.20. The van der Waals surface area contributed by atoms with E-state index < -0.39 is 0 Å². The summed E-state index contributed by atoms with van der Waals surface area (Å²) in [5.74, 6) is 1.73. The van der Waals surface area contributed by atoms with E-state index in [0.29, 0.717) is 0 Å². The molecule has 0 saturated carbocycles. The van der Waals surface area contributed by atoms with E-state index in [9.17, 15) is 0 Å². The van der Waals surface area contributed by atoms with Crippen LogP contribution in [0.25, 0.3) is 0 Å². The number of rotatable bonds is 8. The minimum absolute atomic E-state index is 0.836. The number of hydrogen-bond donors (Lipinski definition) is 0. The van der Waals surface area contributed by atoms with Gasteiger partial charge < -0.3 is 9.47 Å². The van der Waals surface area contributed by atoms with Crippen LogP contribution in [0, 0.1) is 0 Å². The number of allylic oxidation sites excluding steroid dienone is 2. The molecule has 0 bridgehead atoms. The highest BCUT2D eigenvalue weighted by atomic mass is 16.5. The number of unbranched alkanes of at least 4 members (excludes halogenated alkanes) is 3. The highest BCUT2D eigenvalue weighted by Gasteiger charge is 2.02. The van der Waals surface area contributed by atoms with Crippen LogP contribution in [0.15, 0.2) is 30.4 Å². The van der Waals surface area contributed by atoms with E-state index in [2.05, 4.69) is 25.1 Å². The fourth-order valence-corrected chi connectivity index (χ4v) is 1.86. The van der Waals surface area contributed by atoms with Crippen molar-refractivity contribution in [3.05, 3.63) is 35.9 Å². The van der Waals surface area contributed by atoms with Crippen molar-refractivity contribution in [1.82, 2.24) is 0 Å². The van der Waals surface area contributed by atoms with E-state index in [-0.39, 0.29) is 0 Å². The van der Waals surface area contributed by atoms with E-state index >= 15 is 0 Å². The molecule has 0 spiro atoms. The second-order valence-corrected chi connectivity index (χ2v) is 4.35. The van der Waals surface area contributed by atoms with Crippen molar-refractivity contribution < 1.29 is 9.47 Å². The van der Waals surface area contributed by atoms with Crippen LogP contribution >= 0.6 is 0 Å². The zero-order chi connectivity index (χ0) is 13.2. The molecule has 0 amide bonds. The molecular formula is C16H24O2. The lowest BCUT2D eigenvalue weighted by Gasteiger charge is -2.08. The topological polar surface area (TPSA) is 18.5 Å². The Morgan fingerprint density at radius 3 is 2.56 bits per heavy atom. The summed E-state index contributed by atoms with van der Waals surface area (Å²) < 4.78 is 10.6. The summed E-state index contributed by atoms with van der Waals surface area (Å²) in [5, 5.41) is 0. The maximum absolute atomic E-state index is 5.37. The zero-order valence-electron chi connectivity index (χ0n) is 11.7. The number of ether oxygens (including phenoxy) is 2. The first kappa shape index (κ1) is 14.6. The Hall–Kier alpha value is -1.44. The van der Waals surface area contributed by atoms with Crippen molar-refractivity contribution in [2.75, 3.05) is 14.2 Å². The van der Waals surface area contributed by atoms with Gasteiger partial charge >= 0.3 is 0 Å². The molecule has 1 aromatic rings. The van der Waals surface area contributed by atoms with Crippen LogP contribution in [0.3, 0.4) is 0 Å². The Morgan fingerprint density at radius 2 is 1.89 bits per heavy atom. The highest BCUT2D eigenvalue weighted by Crippen LogP contribution is 2.25. The molecule has 0 fully saturated rings. The largest absolute Gasteiger partial charge is 0.497 e. The monoisotopic (exact) mass is 248 g/mol. The van der Waals surface area contributed by atoms with Gasteiger partial charge in [0, 0.05) is 6.07 Å². The average Bonchev–Trinajstić information content (AvgIpc) is 2.42. The summed E-state index contributed by atoms with van der Waals surface area (Å²) >= 11 is 0. The van der Waals surface area contributed by atoms with Gasteiger partial charge in [0.1, 0.15) is 11.5 Å². The van der Waals surface area contributed by atoms with Crippen LogP contribution in [-0.4, -0.2) is 14.2 Å². The van der Waals surface area contributed by atoms with E-state index in [1.54, 1.807) is 14.2 Å². The molecule has 2 heteroatoms. The molecule has 0 saturated heterocycles. The lowest BCUT2D eigenvalue weighted by molar-refractivity contribution is 0.391. The van der Waals surface area contributed by atoms with Crippen molar-refractivity contribution in [2.24, 2.45) is 0 Å². The van der Waals surface area contributed by atoms with Gasteiger partial charge in [0.05, 0.1) is 14.2 Å². The van der Waals surface area contributed by atoms with Gasteiger partial charge in [0.15, 0.2) is 0 Å². The Morgan fingerprint density at radius 1 is 1.06 bits per heavy atom. The number of hydrogen-bond acceptors (Lipinski definition) is 2. The average molecular weight is 248 g/mol. The quantitative estimate of drug-likeness (QED) is 0.502. The van der Waals surface area contributed by atoms with Crippen LogP contribution in [0.4, 0.5) is 0 Å². The molecule has 100 valence electrons. The summed E-state index contributed by atoms with van der Waals surface area (Å²) in [6, 6.07) is 5.97. The maximum atomic E-state index is 5.37. The van der Waals surface area contributed by atoms with Gasteiger partial charge in [-0.3, -0.25) is 0 Å². The van der Waals surface area contributed by atoms with Gasteiger partial charge in [-0.25, -0.2) is 0 Å². The van der Waals surface area contributed by atoms with Crippen molar-refractivity contribution >= 4 is 0 Å². The Kier molecular flexibility index (Phi) is 7.00. The second kappa shape index (κ2) is 8.62. The zero-order valence-corrected chi connectivity index (χ0v) is 11.7. The number of methoxy groups -OCH3 is 2. The third kappa shape index (κ3) is 4.82. The van der Waals surface area contributed by atoms with Crippen LogP contribution < -0.4 is 9.47 Å². The third-order valence-electron chi connectivity index (χ3n) is 2.97. The van der Waals surface area contributed by atoms with E-state index in [1.807, 2.05) is 12.1 Å². The predicted molar refractivity (Wildman–Crippen MR) is 76.5 cm³/mol. The van der Waals surface area contributed by atoms with Crippen molar-refractivity contribution in [1.29, 1.82) is 0 Å². The molecule has 2 nitrogen and oxygen atoms in total. The van der Waals surface area contributed by atoms with Gasteiger partial charge in [-0.05, 0) is 30.9 Å². The van der Waals surface area contributed by atoms with Gasteiger partial charge in [-0.2, -0.15) is 0 Å². The maximum Gasteiger partial charge on any atom is 0.126 e. The first-order valence-electron chi connectivity index (χ1n) is 6.67. The minimum atomic E-state index is 0.836. The molecule has 0 aliphatic carbocycles. The predicted octanol–water partition coefficient (Wildman–Crippen LogP) is 4.38. The van der Waals surface area contributed by atoms with Crippen LogP contribution in [0.5, 0.6) is 11.5 Å². The lowest BCUT2D eigenvalue weighted by Crippen LogP contribution is -1.92. The highest BCUT2D eigenvalue weighted by molar-refractivity contribution is 5.41. The fourth-order valence-electron chi connectivity index (χ4n) is 1.86. The molecular weight excluding hydrogens is 224 g/mol. The second-order valence-electron chi connectivity index (χ2n) is 4.35. The standard InChI is InChI=1S/C16H24O2/c1-4-5-6-7-8-9-10-14-11-12-15(17-2)13-16(14)18-3/h8-9,11-13H,4-7,10H2,1-3H3/b9-8+. The summed E-state index contributed by atoms with van der Waals surface area (Å²) in [6.07, 6.45) is 10.5. The molecule has 1 aromatic carbocycles. The smallest absolute Gasteiger partial charge is 0.126 e. The van der Waals surface area contributed by atoms with Gasteiger partial charge in [0.2, 0.25) is 0 Å². The fraction of sp³-hybridized carbons (Fsp3) is 0.500. The molecule has 0 radical (unpaired) electrons. The van der Waals surface area contributed by atoms with Crippen molar-refractivity contribution in [2.45, 2.75) is 39.0 Å². The molecule has 0 aliphatic rings. The van der Waals surface area contributed by atoms with E-state index in [1.165, 1.54) is 31.2 Å². The van der Waals surface area contributed by atoms with Crippen LogP contribution in [0.1, 0.15) is 38.2 Å². The number of benzene rings is 1. The molecule has 0 heterocycles. The van der Waals surface area contributed by atoms with Gasteiger partial charge in [-0.1, -0.05) is 38.0 Å². The Balaban J connectivity index is 2.50. The van der Waals surface area contributed by atoms with E-state index in [0.717, 1.165) is 17.9 Å². The first-order chi connectivity index (χ1) is 8.81. The molecule has 1 rings (SSSR count). The Labute approximate surface area is 111 Å². The van der Waals surface area contributed by atoms with Crippen LogP contribution in [-0.2, 0) is 6.42 Å². The molecule has 0 N–H and O–H groups in total.